The second kappa shape index (κ2) is 11.6. The summed E-state index contributed by atoms with van der Waals surface area (Å²) in [5.74, 6) is 0.195. The van der Waals surface area contributed by atoms with E-state index >= 15 is 0 Å². The van der Waals surface area contributed by atoms with Gasteiger partial charge in [0.15, 0.2) is 0 Å². The zero-order valence-corrected chi connectivity index (χ0v) is 20.9. The van der Waals surface area contributed by atoms with Crippen molar-refractivity contribution >= 4 is 28.5 Å². The molecule has 1 heterocycles. The molecule has 0 bridgehead atoms. The number of nitrogen functional groups attached to an aromatic ring is 1. The summed E-state index contributed by atoms with van der Waals surface area (Å²) in [5, 5.41) is 9.45. The first-order chi connectivity index (χ1) is 17.9. The van der Waals surface area contributed by atoms with E-state index in [-0.39, 0.29) is 18.5 Å². The Labute approximate surface area is 215 Å². The van der Waals surface area contributed by atoms with Crippen LogP contribution in [-0.4, -0.2) is 28.6 Å². The monoisotopic (exact) mass is 498 g/mol. The van der Waals surface area contributed by atoms with Crippen molar-refractivity contribution < 1.29 is 24.2 Å². The number of aliphatic carboxylic acids is 1. The van der Waals surface area contributed by atoms with E-state index in [2.05, 4.69) is 41.4 Å². The average molecular weight is 499 g/mol. The first kappa shape index (κ1) is 25.7. The zero-order chi connectivity index (χ0) is 26.4. The Balaban J connectivity index is 0.000000747. The largest absolute Gasteiger partial charge is 0.485 e. The SMILES string of the molecule is CC(=O)O.CCOC(=O)Cc1ccccc1O[C@@H]1CCc2ccc(-c3ccc4ccnc(N)c4c3)cc21. The molecule has 37 heavy (non-hydrogen) atoms. The highest BCUT2D eigenvalue weighted by molar-refractivity contribution is 5.94. The van der Waals surface area contributed by atoms with Crippen LogP contribution < -0.4 is 10.5 Å². The molecule has 0 radical (unpaired) electrons. The number of carbonyl (C=O) groups excluding carboxylic acids is 1. The number of carboxylic acids is 1. The number of hydrogen-bond acceptors (Lipinski definition) is 6. The topological polar surface area (TPSA) is 112 Å². The molecule has 1 aromatic heterocycles. The number of benzene rings is 3. The van der Waals surface area contributed by atoms with Gasteiger partial charge in [-0.2, -0.15) is 0 Å². The van der Waals surface area contributed by atoms with E-state index in [0.29, 0.717) is 12.4 Å². The van der Waals surface area contributed by atoms with Crippen LogP contribution in [0.4, 0.5) is 5.82 Å². The molecule has 190 valence electrons. The fraction of sp³-hybridized carbons (Fsp3) is 0.233. The summed E-state index contributed by atoms with van der Waals surface area (Å²) >= 11 is 0. The second-order valence-corrected chi connectivity index (χ2v) is 8.80. The number of aryl methyl sites for hydroxylation is 1. The third kappa shape index (κ3) is 6.25. The van der Waals surface area contributed by atoms with Crippen LogP contribution in [0.1, 0.15) is 43.1 Å². The van der Waals surface area contributed by atoms with Gasteiger partial charge in [-0.1, -0.05) is 42.5 Å². The average Bonchev–Trinajstić information content (AvgIpc) is 3.27. The van der Waals surface area contributed by atoms with Crippen LogP contribution in [0, 0.1) is 0 Å². The van der Waals surface area contributed by atoms with E-state index < -0.39 is 5.97 Å². The maximum atomic E-state index is 12.0. The molecule has 3 aromatic carbocycles. The second-order valence-electron chi connectivity index (χ2n) is 8.80. The molecule has 1 atom stereocenters. The fourth-order valence-corrected chi connectivity index (χ4v) is 4.52. The lowest BCUT2D eigenvalue weighted by atomic mass is 9.98. The maximum absolute atomic E-state index is 12.0. The van der Waals surface area contributed by atoms with E-state index in [4.69, 9.17) is 25.1 Å². The lowest BCUT2D eigenvalue weighted by molar-refractivity contribution is -0.142. The number of ether oxygens (including phenoxy) is 2. The zero-order valence-electron chi connectivity index (χ0n) is 20.9. The molecule has 0 unspecified atom stereocenters. The van der Waals surface area contributed by atoms with Crippen molar-refractivity contribution in [2.45, 2.75) is 39.2 Å². The highest BCUT2D eigenvalue weighted by Gasteiger charge is 2.25. The van der Waals surface area contributed by atoms with Crippen molar-refractivity contribution in [3.05, 3.63) is 89.6 Å². The summed E-state index contributed by atoms with van der Waals surface area (Å²) in [6, 6.07) is 22.5. The molecule has 1 aliphatic rings. The molecule has 5 rings (SSSR count). The molecule has 0 spiro atoms. The van der Waals surface area contributed by atoms with Crippen LogP contribution in [0.15, 0.2) is 72.9 Å². The molecule has 0 aliphatic heterocycles. The minimum absolute atomic E-state index is 0.0597. The number of pyridine rings is 1. The van der Waals surface area contributed by atoms with E-state index in [9.17, 15) is 4.79 Å². The molecule has 3 N–H and O–H groups in total. The number of fused-ring (bicyclic) bond motifs is 2. The molecule has 7 heteroatoms. The molecule has 0 fully saturated rings. The number of carbonyl (C=O) groups is 2. The fourth-order valence-electron chi connectivity index (χ4n) is 4.52. The van der Waals surface area contributed by atoms with Crippen molar-refractivity contribution in [1.82, 2.24) is 4.98 Å². The minimum atomic E-state index is -0.833. The van der Waals surface area contributed by atoms with Crippen LogP contribution in [0.25, 0.3) is 21.9 Å². The third-order valence-electron chi connectivity index (χ3n) is 6.18. The molecule has 4 aromatic rings. The van der Waals surface area contributed by atoms with Crippen molar-refractivity contribution in [2.75, 3.05) is 12.3 Å². The van der Waals surface area contributed by atoms with E-state index in [0.717, 1.165) is 53.0 Å². The first-order valence-corrected chi connectivity index (χ1v) is 12.2. The third-order valence-corrected chi connectivity index (χ3v) is 6.18. The van der Waals surface area contributed by atoms with E-state index in [1.807, 2.05) is 37.3 Å². The standard InChI is InChI=1S/C28H26N2O3.C2H4O2/c1-2-32-27(31)17-22-5-3-4-6-25(22)33-26-12-11-18-7-9-20(15-23(18)26)21-10-8-19-13-14-30-28(29)24(19)16-21;1-2(3)4/h3-10,13-16,26H,2,11-12,17H2,1H3,(H2,29,30);1H3,(H,3,4)/t26-;/m1./s1. The summed E-state index contributed by atoms with van der Waals surface area (Å²) in [7, 11) is 0. The predicted molar refractivity (Wildman–Crippen MR) is 143 cm³/mol. The molecular formula is C30H30N2O5. The van der Waals surface area contributed by atoms with Gasteiger partial charge in [-0.25, -0.2) is 4.98 Å². The highest BCUT2D eigenvalue weighted by atomic mass is 16.5. The maximum Gasteiger partial charge on any atom is 0.310 e. The van der Waals surface area contributed by atoms with Crippen LogP contribution in [0.3, 0.4) is 0 Å². The van der Waals surface area contributed by atoms with Gasteiger partial charge in [-0.15, -0.1) is 0 Å². The Kier molecular flexibility index (Phi) is 8.03. The van der Waals surface area contributed by atoms with Gasteiger partial charge in [-0.05, 0) is 71.7 Å². The van der Waals surface area contributed by atoms with Gasteiger partial charge in [-0.3, -0.25) is 9.59 Å². The van der Waals surface area contributed by atoms with Crippen molar-refractivity contribution in [1.29, 1.82) is 0 Å². The molecule has 7 nitrogen and oxygen atoms in total. The van der Waals surface area contributed by atoms with Crippen molar-refractivity contribution in [2.24, 2.45) is 0 Å². The van der Waals surface area contributed by atoms with Crippen LogP contribution in [0.5, 0.6) is 5.75 Å². The number of hydrogen-bond donors (Lipinski definition) is 2. The number of esters is 1. The van der Waals surface area contributed by atoms with Crippen molar-refractivity contribution in [3.8, 4) is 16.9 Å². The lowest BCUT2D eigenvalue weighted by Gasteiger charge is -2.18. The number of anilines is 1. The number of nitrogens with two attached hydrogens (primary N) is 1. The Morgan fingerprint density at radius 3 is 2.57 bits per heavy atom. The van der Waals surface area contributed by atoms with Gasteiger partial charge in [0.05, 0.1) is 13.0 Å². The van der Waals surface area contributed by atoms with Gasteiger partial charge >= 0.3 is 5.97 Å². The van der Waals surface area contributed by atoms with Gasteiger partial charge in [0.1, 0.15) is 17.7 Å². The van der Waals surface area contributed by atoms with Crippen LogP contribution >= 0.6 is 0 Å². The summed E-state index contributed by atoms with van der Waals surface area (Å²) in [4.78, 5) is 25.3. The quantitative estimate of drug-likeness (QED) is 0.326. The number of aromatic nitrogens is 1. The predicted octanol–water partition coefficient (Wildman–Crippen LogP) is 5.75. The van der Waals surface area contributed by atoms with E-state index in [1.165, 1.54) is 11.1 Å². The normalized spacial score (nSPS) is 13.8. The Morgan fingerprint density at radius 1 is 1.05 bits per heavy atom. The molecular weight excluding hydrogens is 468 g/mol. The molecule has 0 saturated carbocycles. The smallest absolute Gasteiger partial charge is 0.310 e. The summed E-state index contributed by atoms with van der Waals surface area (Å²) < 4.78 is 11.6. The molecule has 0 saturated heterocycles. The van der Waals surface area contributed by atoms with Crippen LogP contribution in [-0.2, 0) is 27.2 Å². The summed E-state index contributed by atoms with van der Waals surface area (Å²) in [6.07, 6.45) is 3.75. The lowest BCUT2D eigenvalue weighted by Crippen LogP contribution is -2.10. The Hall–Kier alpha value is -4.39. The number of rotatable bonds is 6. The molecule has 0 amide bonds. The van der Waals surface area contributed by atoms with Crippen LogP contribution in [0.2, 0.25) is 0 Å². The Morgan fingerprint density at radius 2 is 1.78 bits per heavy atom. The van der Waals surface area contributed by atoms with E-state index in [1.54, 1.807) is 6.20 Å². The summed E-state index contributed by atoms with van der Waals surface area (Å²) in [6.45, 7) is 3.27. The summed E-state index contributed by atoms with van der Waals surface area (Å²) in [5.41, 5.74) is 11.7. The van der Waals surface area contributed by atoms with Gasteiger partial charge in [0.25, 0.3) is 5.97 Å². The van der Waals surface area contributed by atoms with Crippen molar-refractivity contribution in [3.63, 3.8) is 0 Å². The van der Waals surface area contributed by atoms with Gasteiger partial charge < -0.3 is 20.3 Å². The number of nitrogens with zero attached hydrogens (tertiary/aromatic N) is 1. The number of carboxylic acid groups (broad SMARTS) is 1. The highest BCUT2D eigenvalue weighted by Crippen LogP contribution is 2.39. The Bertz CT molecular complexity index is 1430. The number of para-hydroxylation sites is 1. The first-order valence-electron chi connectivity index (χ1n) is 12.2. The van der Waals surface area contributed by atoms with Gasteiger partial charge in [0, 0.05) is 24.1 Å². The van der Waals surface area contributed by atoms with Gasteiger partial charge in [0.2, 0.25) is 0 Å². The minimum Gasteiger partial charge on any atom is -0.485 e. The molecule has 1 aliphatic carbocycles.